The van der Waals surface area contributed by atoms with Crippen LogP contribution in [0.2, 0.25) is 0 Å². The molecular formula is C33H40N4O7. The summed E-state index contributed by atoms with van der Waals surface area (Å²) in [5, 5.41) is 48.7. The van der Waals surface area contributed by atoms with Gasteiger partial charge in [-0.1, -0.05) is 26.8 Å². The number of carbonyl (C=O) groups excluding carboxylic acids is 3. The first-order valence-corrected chi connectivity index (χ1v) is 14.7. The number of hydrogen-bond donors (Lipinski definition) is 6. The largest absolute Gasteiger partial charge is 0.508 e. The predicted molar refractivity (Wildman–Crippen MR) is 163 cm³/mol. The molecule has 11 heteroatoms. The number of aliphatic hydroxyl groups excluding tert-OH is 2. The van der Waals surface area contributed by atoms with Crippen LogP contribution in [0.15, 0.2) is 52.9 Å². The van der Waals surface area contributed by atoms with Crippen LogP contribution in [0.4, 0.5) is 0 Å². The zero-order chi connectivity index (χ0) is 32.3. The zero-order valence-corrected chi connectivity index (χ0v) is 25.6. The summed E-state index contributed by atoms with van der Waals surface area (Å²) in [5.74, 6) is -5.76. The van der Waals surface area contributed by atoms with Crippen molar-refractivity contribution in [2.45, 2.75) is 51.8 Å². The fraction of sp³-hybridized carbons (Fsp3) is 0.455. The lowest BCUT2D eigenvalue weighted by Crippen LogP contribution is -2.64. The van der Waals surface area contributed by atoms with Gasteiger partial charge in [0, 0.05) is 47.9 Å². The molecule has 0 aliphatic heterocycles. The summed E-state index contributed by atoms with van der Waals surface area (Å²) in [6.07, 6.45) is 1.92. The van der Waals surface area contributed by atoms with E-state index in [0.717, 1.165) is 0 Å². The maximum atomic E-state index is 14.3. The number of nitrogens with zero attached hydrogens (tertiary/aromatic N) is 2. The van der Waals surface area contributed by atoms with Gasteiger partial charge in [0.2, 0.25) is 5.78 Å². The first-order valence-electron chi connectivity index (χ1n) is 14.7. The second-order valence-electron chi connectivity index (χ2n) is 13.4. The van der Waals surface area contributed by atoms with Crippen LogP contribution in [0.25, 0.3) is 11.3 Å². The molecule has 1 amide bonds. The Kier molecular flexibility index (Phi) is 8.04. The Morgan fingerprint density at radius 1 is 1.20 bits per heavy atom. The molecule has 234 valence electrons. The molecule has 0 fully saturated rings. The molecule has 4 atom stereocenters. The van der Waals surface area contributed by atoms with E-state index in [1.54, 1.807) is 31.3 Å². The van der Waals surface area contributed by atoms with Crippen molar-refractivity contribution in [3.05, 3.63) is 69.6 Å². The molecule has 1 heterocycles. The molecule has 5 rings (SSSR count). The van der Waals surface area contributed by atoms with E-state index in [2.05, 4.69) is 31.1 Å². The van der Waals surface area contributed by atoms with Gasteiger partial charge in [-0.05, 0) is 67.6 Å². The Labute approximate surface area is 256 Å². The van der Waals surface area contributed by atoms with Crippen molar-refractivity contribution in [2.24, 2.45) is 23.0 Å². The number of benzene rings is 1. The highest BCUT2D eigenvalue weighted by molar-refractivity contribution is 6.25. The predicted octanol–water partition coefficient (Wildman–Crippen LogP) is 1.80. The van der Waals surface area contributed by atoms with Gasteiger partial charge < -0.3 is 36.4 Å². The summed E-state index contributed by atoms with van der Waals surface area (Å²) in [5.41, 5.74) is 4.41. The average Bonchev–Trinajstić information content (AvgIpc) is 2.95. The van der Waals surface area contributed by atoms with Crippen molar-refractivity contribution in [3.63, 3.8) is 0 Å². The molecule has 2 aromatic rings. The maximum Gasteiger partial charge on any atom is 0.252 e. The normalized spacial score (nSPS) is 25.2. The molecule has 0 saturated carbocycles. The van der Waals surface area contributed by atoms with E-state index in [4.69, 9.17) is 5.73 Å². The standard InChI is InChI=1S/C33H40N4O7/c1-32(2,3)15-35-13-17-11-18(22-8-6-7-9-36-22)19-10-16-12-21-26(37(4)5)20(14-38)25(31(34)43)30(42)33(21,44)29(41)23(16)28(40)24(19)27(17)39/h6-9,11,16,21,26,35,38-39,41,44H,10,12-15H2,1-5H3,(H2,34,43)/t16-,21-,26-,33?/m0/s1. The minimum absolute atomic E-state index is 0.0188. The van der Waals surface area contributed by atoms with Gasteiger partial charge in [-0.2, -0.15) is 0 Å². The van der Waals surface area contributed by atoms with E-state index in [1.807, 2.05) is 18.2 Å². The summed E-state index contributed by atoms with van der Waals surface area (Å²) < 4.78 is 0. The van der Waals surface area contributed by atoms with E-state index in [0.29, 0.717) is 28.9 Å². The van der Waals surface area contributed by atoms with Crippen LogP contribution in [0.1, 0.15) is 48.7 Å². The zero-order valence-electron chi connectivity index (χ0n) is 25.6. The second-order valence-corrected chi connectivity index (χ2v) is 13.4. The number of aliphatic hydroxyl groups is 3. The molecule has 11 nitrogen and oxygen atoms in total. The van der Waals surface area contributed by atoms with Gasteiger partial charge in [-0.25, -0.2) is 0 Å². The molecule has 44 heavy (non-hydrogen) atoms. The van der Waals surface area contributed by atoms with E-state index < -0.39 is 58.9 Å². The van der Waals surface area contributed by atoms with Crippen molar-refractivity contribution in [1.29, 1.82) is 0 Å². The van der Waals surface area contributed by atoms with Crippen molar-refractivity contribution >= 4 is 17.5 Å². The van der Waals surface area contributed by atoms with Gasteiger partial charge >= 0.3 is 0 Å². The molecule has 1 unspecified atom stereocenters. The molecule has 0 saturated heterocycles. The van der Waals surface area contributed by atoms with Gasteiger partial charge in [-0.15, -0.1) is 0 Å². The van der Waals surface area contributed by atoms with Crippen molar-refractivity contribution in [3.8, 4) is 17.0 Å². The number of phenolic OH excluding ortho intramolecular Hbond substituents is 1. The van der Waals surface area contributed by atoms with Crippen molar-refractivity contribution in [1.82, 2.24) is 15.2 Å². The fourth-order valence-corrected chi connectivity index (χ4v) is 7.19. The Morgan fingerprint density at radius 2 is 1.91 bits per heavy atom. The van der Waals surface area contributed by atoms with Gasteiger partial charge in [0.05, 0.1) is 23.4 Å². The molecule has 3 aliphatic rings. The number of ketones is 2. The van der Waals surface area contributed by atoms with Gasteiger partial charge in [-0.3, -0.25) is 19.4 Å². The van der Waals surface area contributed by atoms with E-state index in [1.165, 1.54) is 0 Å². The summed E-state index contributed by atoms with van der Waals surface area (Å²) in [7, 11) is 3.33. The highest BCUT2D eigenvalue weighted by atomic mass is 16.3. The number of allylic oxidation sites excluding steroid dienone is 1. The lowest BCUT2D eigenvalue weighted by Gasteiger charge is -2.51. The smallest absolute Gasteiger partial charge is 0.252 e. The lowest BCUT2D eigenvalue weighted by atomic mass is 9.57. The van der Waals surface area contributed by atoms with Crippen LogP contribution >= 0.6 is 0 Å². The number of rotatable bonds is 7. The van der Waals surface area contributed by atoms with Crippen LogP contribution in [-0.4, -0.2) is 86.7 Å². The Morgan fingerprint density at radius 3 is 2.48 bits per heavy atom. The fourth-order valence-electron chi connectivity index (χ4n) is 7.19. The molecule has 7 N–H and O–H groups in total. The summed E-state index contributed by atoms with van der Waals surface area (Å²) in [6, 6.07) is 6.41. The van der Waals surface area contributed by atoms with Crippen molar-refractivity contribution < 1.29 is 34.8 Å². The number of aromatic nitrogens is 1. The van der Waals surface area contributed by atoms with Gasteiger partial charge in [0.15, 0.2) is 11.4 Å². The van der Waals surface area contributed by atoms with E-state index >= 15 is 0 Å². The minimum atomic E-state index is -2.64. The van der Waals surface area contributed by atoms with E-state index in [-0.39, 0.29) is 47.3 Å². The molecular weight excluding hydrogens is 564 g/mol. The number of likely N-dealkylation sites (N-methyl/N-ethyl adjacent to an activating group) is 1. The summed E-state index contributed by atoms with van der Waals surface area (Å²) in [6.45, 7) is 6.45. The highest BCUT2D eigenvalue weighted by Gasteiger charge is 2.62. The molecule has 0 radical (unpaired) electrons. The summed E-state index contributed by atoms with van der Waals surface area (Å²) in [4.78, 5) is 46.7. The third kappa shape index (κ3) is 4.93. The van der Waals surface area contributed by atoms with Crippen LogP contribution in [0, 0.1) is 17.3 Å². The number of primary amides is 1. The van der Waals surface area contributed by atoms with Crippen LogP contribution < -0.4 is 11.1 Å². The van der Waals surface area contributed by atoms with Gasteiger partial charge in [0.1, 0.15) is 11.5 Å². The number of nitrogens with one attached hydrogen (secondary N) is 1. The third-order valence-electron chi connectivity index (χ3n) is 9.03. The number of nitrogens with two attached hydrogens (primary N) is 1. The summed E-state index contributed by atoms with van der Waals surface area (Å²) >= 11 is 0. The molecule has 0 bridgehead atoms. The quantitative estimate of drug-likeness (QED) is 0.255. The topological polar surface area (TPSA) is 186 Å². The van der Waals surface area contributed by atoms with Crippen LogP contribution in [0.5, 0.6) is 5.75 Å². The Balaban J connectivity index is 1.71. The number of fused-ring (bicyclic) bond motifs is 3. The number of Topliss-reactive ketones (excluding diaryl/α,β-unsaturated/α-hetero) is 2. The molecule has 1 aromatic heterocycles. The second kappa shape index (κ2) is 11.2. The highest BCUT2D eigenvalue weighted by Crippen LogP contribution is 2.53. The number of phenols is 1. The number of amides is 1. The number of carbonyl (C=O) groups is 3. The number of hydrogen-bond acceptors (Lipinski definition) is 10. The lowest BCUT2D eigenvalue weighted by molar-refractivity contribution is -0.147. The Bertz CT molecular complexity index is 1610. The monoisotopic (exact) mass is 604 g/mol. The number of pyridine rings is 1. The molecule has 3 aliphatic carbocycles. The molecule has 0 spiro atoms. The SMILES string of the molecule is CN(C)[C@H]1C(CO)=C(C(N)=O)C(=O)C2(O)C(O)=C3C(=O)c4c(O)c(CNCC(C)(C)C)cc(-c5ccccn5)c4C[C@H]3C[C@@H]12. The third-order valence-corrected chi connectivity index (χ3v) is 9.03. The first-order chi connectivity index (χ1) is 20.6. The van der Waals surface area contributed by atoms with E-state index in [9.17, 15) is 34.8 Å². The maximum absolute atomic E-state index is 14.3. The Hall–Kier alpha value is -3.90. The number of aromatic hydroxyl groups is 1. The van der Waals surface area contributed by atoms with Crippen LogP contribution in [0.3, 0.4) is 0 Å². The molecule has 1 aromatic carbocycles. The van der Waals surface area contributed by atoms with Crippen molar-refractivity contribution in [2.75, 3.05) is 27.2 Å². The van der Waals surface area contributed by atoms with Gasteiger partial charge in [0.25, 0.3) is 5.91 Å². The minimum Gasteiger partial charge on any atom is -0.508 e. The average molecular weight is 605 g/mol. The van der Waals surface area contributed by atoms with Crippen LogP contribution in [-0.2, 0) is 22.6 Å². The first kappa shape index (κ1) is 31.5.